The highest BCUT2D eigenvalue weighted by Gasteiger charge is 1.96. The quantitative estimate of drug-likeness (QED) is 0.696. The third kappa shape index (κ3) is 5.72. The fourth-order valence-corrected chi connectivity index (χ4v) is 1.28. The van der Waals surface area contributed by atoms with Crippen LogP contribution in [-0.4, -0.2) is 25.9 Å². The largest absolute Gasteiger partial charge is 0.479 e. The molecule has 0 heterocycles. The van der Waals surface area contributed by atoms with Gasteiger partial charge in [0.1, 0.15) is 18.4 Å². The second-order valence-electron chi connectivity index (χ2n) is 3.44. The Balaban J connectivity index is 2.22. The number of hydrogen-bond acceptors (Lipinski definition) is 5. The molecule has 18 heavy (non-hydrogen) atoms. The van der Waals surface area contributed by atoms with Crippen LogP contribution in [0.1, 0.15) is 5.56 Å². The summed E-state index contributed by atoms with van der Waals surface area (Å²) in [5.74, 6) is 0.664. The van der Waals surface area contributed by atoms with Crippen molar-refractivity contribution in [3.05, 3.63) is 29.8 Å². The van der Waals surface area contributed by atoms with E-state index in [1.165, 1.54) is 0 Å². The van der Waals surface area contributed by atoms with Crippen LogP contribution in [0, 0.1) is 11.3 Å². The zero-order chi connectivity index (χ0) is 13.2. The number of nitrogens with zero attached hydrogens (tertiary/aromatic N) is 1. The maximum atomic E-state index is 10.3. The van der Waals surface area contributed by atoms with Crippen LogP contribution in [0.4, 0.5) is 4.79 Å². The number of benzene rings is 1. The van der Waals surface area contributed by atoms with Crippen LogP contribution in [0.15, 0.2) is 24.3 Å². The molecule has 0 saturated carbocycles. The molecule has 1 aromatic rings. The lowest BCUT2D eigenvalue weighted by Gasteiger charge is -2.06. The number of primary amides is 1. The Labute approximate surface area is 105 Å². The van der Waals surface area contributed by atoms with Crippen molar-refractivity contribution in [1.29, 1.82) is 5.26 Å². The smallest absolute Gasteiger partial charge is 0.404 e. The third-order valence-electron chi connectivity index (χ3n) is 2.08. The van der Waals surface area contributed by atoms with Crippen LogP contribution in [-0.2, 0) is 11.3 Å². The Kier molecular flexibility index (Phi) is 6.08. The summed E-state index contributed by atoms with van der Waals surface area (Å²) in [6.07, 6.45) is -0.768. The van der Waals surface area contributed by atoms with E-state index in [2.05, 4.69) is 10.1 Å². The van der Waals surface area contributed by atoms with Gasteiger partial charge < -0.3 is 20.5 Å². The van der Waals surface area contributed by atoms with E-state index in [1.54, 1.807) is 12.1 Å². The maximum Gasteiger partial charge on any atom is 0.404 e. The first kappa shape index (κ1) is 13.8. The summed E-state index contributed by atoms with van der Waals surface area (Å²) in [6.45, 7) is 1.48. The SMILES string of the molecule is N#CCOc1ccc(CNCCOC(N)=O)cc1. The monoisotopic (exact) mass is 249 g/mol. The van der Waals surface area contributed by atoms with Gasteiger partial charge in [0.25, 0.3) is 0 Å². The Morgan fingerprint density at radius 1 is 1.39 bits per heavy atom. The van der Waals surface area contributed by atoms with Crippen molar-refractivity contribution in [1.82, 2.24) is 5.32 Å². The molecule has 1 aromatic carbocycles. The summed E-state index contributed by atoms with van der Waals surface area (Å²) in [7, 11) is 0. The van der Waals surface area contributed by atoms with Crippen molar-refractivity contribution in [3.63, 3.8) is 0 Å². The maximum absolute atomic E-state index is 10.3. The van der Waals surface area contributed by atoms with Crippen LogP contribution >= 0.6 is 0 Å². The molecule has 0 saturated heterocycles. The highest BCUT2D eigenvalue weighted by molar-refractivity contribution is 5.64. The first-order chi connectivity index (χ1) is 8.72. The molecular formula is C12H15N3O3. The minimum Gasteiger partial charge on any atom is -0.479 e. The molecule has 0 aromatic heterocycles. The number of nitriles is 1. The minimum absolute atomic E-state index is 0.0437. The summed E-state index contributed by atoms with van der Waals surface area (Å²) in [5, 5.41) is 11.5. The number of carbonyl (C=O) groups is 1. The van der Waals surface area contributed by atoms with Gasteiger partial charge in [-0.05, 0) is 17.7 Å². The number of amides is 1. The van der Waals surface area contributed by atoms with Crippen molar-refractivity contribution in [2.75, 3.05) is 19.8 Å². The average Bonchev–Trinajstić information content (AvgIpc) is 2.37. The molecular weight excluding hydrogens is 234 g/mol. The second-order valence-corrected chi connectivity index (χ2v) is 3.44. The normalized spacial score (nSPS) is 9.50. The molecule has 0 aliphatic rings. The van der Waals surface area contributed by atoms with E-state index in [9.17, 15) is 4.79 Å². The number of ether oxygens (including phenoxy) is 2. The summed E-state index contributed by atoms with van der Waals surface area (Å²) >= 11 is 0. The number of carbonyl (C=O) groups excluding carboxylic acids is 1. The zero-order valence-corrected chi connectivity index (χ0v) is 9.89. The number of rotatable bonds is 7. The summed E-state index contributed by atoms with van der Waals surface area (Å²) < 4.78 is 9.70. The summed E-state index contributed by atoms with van der Waals surface area (Å²) in [6, 6.07) is 9.30. The Bertz CT molecular complexity index is 412. The topological polar surface area (TPSA) is 97.4 Å². The Morgan fingerprint density at radius 2 is 2.11 bits per heavy atom. The highest BCUT2D eigenvalue weighted by Crippen LogP contribution is 2.11. The number of nitrogens with two attached hydrogens (primary N) is 1. The van der Waals surface area contributed by atoms with E-state index in [4.69, 9.17) is 15.7 Å². The van der Waals surface area contributed by atoms with E-state index in [0.29, 0.717) is 18.8 Å². The van der Waals surface area contributed by atoms with Gasteiger partial charge in [0.05, 0.1) is 0 Å². The van der Waals surface area contributed by atoms with Gasteiger partial charge in [0.2, 0.25) is 0 Å². The van der Waals surface area contributed by atoms with Gasteiger partial charge in [-0.25, -0.2) is 4.79 Å². The van der Waals surface area contributed by atoms with Gasteiger partial charge in [-0.2, -0.15) is 5.26 Å². The fraction of sp³-hybridized carbons (Fsp3) is 0.333. The molecule has 0 fully saturated rings. The minimum atomic E-state index is -0.768. The van der Waals surface area contributed by atoms with Gasteiger partial charge >= 0.3 is 6.09 Å². The van der Waals surface area contributed by atoms with Crippen molar-refractivity contribution in [2.24, 2.45) is 5.73 Å². The van der Waals surface area contributed by atoms with Crippen molar-refractivity contribution in [2.45, 2.75) is 6.54 Å². The molecule has 6 nitrogen and oxygen atoms in total. The van der Waals surface area contributed by atoms with Gasteiger partial charge in [0.15, 0.2) is 6.61 Å². The van der Waals surface area contributed by atoms with Crippen LogP contribution < -0.4 is 15.8 Å². The van der Waals surface area contributed by atoms with Crippen molar-refractivity contribution < 1.29 is 14.3 Å². The summed E-state index contributed by atoms with van der Waals surface area (Å²) in [4.78, 5) is 10.3. The molecule has 0 unspecified atom stereocenters. The molecule has 0 spiro atoms. The van der Waals surface area contributed by atoms with Gasteiger partial charge in [-0.15, -0.1) is 0 Å². The lowest BCUT2D eigenvalue weighted by molar-refractivity contribution is 0.157. The molecule has 96 valence electrons. The van der Waals surface area contributed by atoms with Gasteiger partial charge in [-0.1, -0.05) is 12.1 Å². The standard InChI is InChI=1S/C12H15N3O3/c13-5-7-17-11-3-1-10(2-4-11)9-15-6-8-18-12(14)16/h1-4,15H,6-9H2,(H2,14,16). The van der Waals surface area contributed by atoms with E-state index in [-0.39, 0.29) is 13.2 Å². The van der Waals surface area contributed by atoms with Gasteiger partial charge in [-0.3, -0.25) is 0 Å². The van der Waals surface area contributed by atoms with Crippen LogP contribution in [0.5, 0.6) is 5.75 Å². The lowest BCUT2D eigenvalue weighted by Crippen LogP contribution is -2.23. The average molecular weight is 249 g/mol. The number of hydrogen-bond donors (Lipinski definition) is 2. The van der Waals surface area contributed by atoms with E-state index < -0.39 is 6.09 Å². The van der Waals surface area contributed by atoms with E-state index >= 15 is 0 Å². The fourth-order valence-electron chi connectivity index (χ4n) is 1.28. The zero-order valence-electron chi connectivity index (χ0n) is 9.89. The molecule has 3 N–H and O–H groups in total. The van der Waals surface area contributed by atoms with Crippen LogP contribution in [0.3, 0.4) is 0 Å². The van der Waals surface area contributed by atoms with Crippen molar-refractivity contribution >= 4 is 6.09 Å². The van der Waals surface area contributed by atoms with E-state index in [1.807, 2.05) is 18.2 Å². The molecule has 0 atom stereocenters. The van der Waals surface area contributed by atoms with Gasteiger partial charge in [0, 0.05) is 13.1 Å². The molecule has 6 heteroatoms. The Hall–Kier alpha value is -2.26. The first-order valence-electron chi connectivity index (χ1n) is 5.44. The highest BCUT2D eigenvalue weighted by atomic mass is 16.5. The Morgan fingerprint density at radius 3 is 2.72 bits per heavy atom. The summed E-state index contributed by atoms with van der Waals surface area (Å²) in [5.41, 5.74) is 5.88. The molecule has 0 aliphatic heterocycles. The van der Waals surface area contributed by atoms with Crippen LogP contribution in [0.2, 0.25) is 0 Å². The third-order valence-corrected chi connectivity index (χ3v) is 2.08. The van der Waals surface area contributed by atoms with Crippen molar-refractivity contribution in [3.8, 4) is 11.8 Å². The van der Waals surface area contributed by atoms with Crippen LogP contribution in [0.25, 0.3) is 0 Å². The number of nitrogens with one attached hydrogen (secondary N) is 1. The molecule has 0 bridgehead atoms. The molecule has 1 rings (SSSR count). The molecule has 1 amide bonds. The lowest BCUT2D eigenvalue weighted by atomic mass is 10.2. The molecule has 0 radical (unpaired) electrons. The predicted molar refractivity (Wildman–Crippen MR) is 64.8 cm³/mol. The molecule has 0 aliphatic carbocycles. The predicted octanol–water partition coefficient (Wildman–Crippen LogP) is 0.774. The second kappa shape index (κ2) is 7.92. The first-order valence-corrected chi connectivity index (χ1v) is 5.44. The van der Waals surface area contributed by atoms with E-state index in [0.717, 1.165) is 5.56 Å².